The molecule has 0 saturated heterocycles. The Bertz CT molecular complexity index is 292. The van der Waals surface area contributed by atoms with Crippen LogP contribution >= 0.6 is 0 Å². The summed E-state index contributed by atoms with van der Waals surface area (Å²) in [5.74, 6) is 1.68. The molecule has 0 radical (unpaired) electrons. The SMILES string of the molecule is CCN(CCC(C)C)c1ccc(OC)cc1. The van der Waals surface area contributed by atoms with Crippen LogP contribution in [0, 0.1) is 5.92 Å². The zero-order valence-electron chi connectivity index (χ0n) is 10.9. The molecule has 0 atom stereocenters. The van der Waals surface area contributed by atoms with Crippen LogP contribution in [0.15, 0.2) is 24.3 Å². The molecule has 2 nitrogen and oxygen atoms in total. The van der Waals surface area contributed by atoms with E-state index in [-0.39, 0.29) is 0 Å². The first-order valence-corrected chi connectivity index (χ1v) is 6.06. The van der Waals surface area contributed by atoms with Gasteiger partial charge in [0.05, 0.1) is 7.11 Å². The van der Waals surface area contributed by atoms with Gasteiger partial charge in [0.1, 0.15) is 5.75 Å². The van der Waals surface area contributed by atoms with E-state index in [4.69, 9.17) is 4.74 Å². The summed E-state index contributed by atoms with van der Waals surface area (Å²) in [6.45, 7) is 8.91. The second-order valence-electron chi connectivity index (χ2n) is 4.46. The summed E-state index contributed by atoms with van der Waals surface area (Å²) < 4.78 is 5.16. The summed E-state index contributed by atoms with van der Waals surface area (Å²) in [6, 6.07) is 8.30. The molecule has 0 spiro atoms. The van der Waals surface area contributed by atoms with E-state index in [0.717, 1.165) is 24.8 Å². The lowest BCUT2D eigenvalue weighted by Crippen LogP contribution is -2.24. The first kappa shape index (κ1) is 12.9. The van der Waals surface area contributed by atoms with Crippen molar-refractivity contribution >= 4 is 5.69 Å². The molecular formula is C14H23NO. The van der Waals surface area contributed by atoms with Crippen molar-refractivity contribution in [1.29, 1.82) is 0 Å². The predicted octanol–water partition coefficient (Wildman–Crippen LogP) is 3.57. The highest BCUT2D eigenvalue weighted by molar-refractivity contribution is 5.48. The summed E-state index contributed by atoms with van der Waals surface area (Å²) in [4.78, 5) is 2.40. The van der Waals surface area contributed by atoms with E-state index in [9.17, 15) is 0 Å². The molecule has 0 aliphatic heterocycles. The number of anilines is 1. The molecule has 0 heterocycles. The molecule has 2 heteroatoms. The van der Waals surface area contributed by atoms with Crippen LogP contribution in [0.1, 0.15) is 27.2 Å². The van der Waals surface area contributed by atoms with Gasteiger partial charge in [-0.05, 0) is 43.5 Å². The van der Waals surface area contributed by atoms with Gasteiger partial charge in [-0.1, -0.05) is 13.8 Å². The Balaban J connectivity index is 2.63. The molecule has 0 fully saturated rings. The number of benzene rings is 1. The minimum absolute atomic E-state index is 0.757. The minimum Gasteiger partial charge on any atom is -0.497 e. The zero-order valence-corrected chi connectivity index (χ0v) is 10.9. The molecule has 0 amide bonds. The zero-order chi connectivity index (χ0) is 12.0. The fourth-order valence-electron chi connectivity index (χ4n) is 1.68. The molecule has 90 valence electrons. The molecule has 0 bridgehead atoms. The van der Waals surface area contributed by atoms with E-state index < -0.39 is 0 Å². The van der Waals surface area contributed by atoms with E-state index in [1.165, 1.54) is 12.1 Å². The Morgan fingerprint density at radius 1 is 1.19 bits per heavy atom. The number of ether oxygens (including phenoxy) is 1. The quantitative estimate of drug-likeness (QED) is 0.728. The van der Waals surface area contributed by atoms with Crippen LogP contribution in [0.25, 0.3) is 0 Å². The number of methoxy groups -OCH3 is 1. The van der Waals surface area contributed by atoms with Crippen molar-refractivity contribution in [2.45, 2.75) is 27.2 Å². The van der Waals surface area contributed by atoms with Gasteiger partial charge in [0.15, 0.2) is 0 Å². The molecular weight excluding hydrogens is 198 g/mol. The molecule has 0 aliphatic rings. The first-order chi connectivity index (χ1) is 7.67. The van der Waals surface area contributed by atoms with E-state index in [2.05, 4.69) is 37.8 Å². The maximum atomic E-state index is 5.16. The van der Waals surface area contributed by atoms with Gasteiger partial charge < -0.3 is 9.64 Å². The third-order valence-corrected chi connectivity index (χ3v) is 2.80. The Labute approximate surface area is 99.2 Å². The standard InChI is InChI=1S/C14H23NO/c1-5-15(11-10-12(2)3)13-6-8-14(16-4)9-7-13/h6-9,12H,5,10-11H2,1-4H3. The monoisotopic (exact) mass is 221 g/mol. The largest absolute Gasteiger partial charge is 0.497 e. The molecule has 0 saturated carbocycles. The Morgan fingerprint density at radius 2 is 1.81 bits per heavy atom. The minimum atomic E-state index is 0.757. The Kier molecular flexibility index (Phi) is 5.17. The van der Waals surface area contributed by atoms with E-state index in [1.807, 2.05) is 12.1 Å². The van der Waals surface area contributed by atoms with Gasteiger partial charge in [0.2, 0.25) is 0 Å². The van der Waals surface area contributed by atoms with Crippen molar-refractivity contribution < 1.29 is 4.74 Å². The topological polar surface area (TPSA) is 12.5 Å². The molecule has 0 N–H and O–H groups in total. The van der Waals surface area contributed by atoms with Crippen LogP contribution in [-0.2, 0) is 0 Å². The first-order valence-electron chi connectivity index (χ1n) is 6.06. The summed E-state index contributed by atoms with van der Waals surface area (Å²) in [5, 5.41) is 0. The average molecular weight is 221 g/mol. The average Bonchev–Trinajstić information content (AvgIpc) is 2.30. The second-order valence-corrected chi connectivity index (χ2v) is 4.46. The molecule has 1 aromatic carbocycles. The van der Waals surface area contributed by atoms with Crippen molar-refractivity contribution in [3.8, 4) is 5.75 Å². The van der Waals surface area contributed by atoms with Crippen molar-refractivity contribution in [2.24, 2.45) is 5.92 Å². The smallest absolute Gasteiger partial charge is 0.119 e. The third kappa shape index (κ3) is 3.76. The second kappa shape index (κ2) is 6.41. The van der Waals surface area contributed by atoms with Crippen molar-refractivity contribution in [3.05, 3.63) is 24.3 Å². The predicted molar refractivity (Wildman–Crippen MR) is 70.3 cm³/mol. The van der Waals surface area contributed by atoms with Crippen LogP contribution in [0.3, 0.4) is 0 Å². The summed E-state index contributed by atoms with van der Waals surface area (Å²) in [5.41, 5.74) is 1.28. The number of hydrogen-bond acceptors (Lipinski definition) is 2. The lowest BCUT2D eigenvalue weighted by atomic mass is 10.1. The summed E-state index contributed by atoms with van der Waals surface area (Å²) >= 11 is 0. The number of hydrogen-bond donors (Lipinski definition) is 0. The maximum absolute atomic E-state index is 5.16. The van der Waals surface area contributed by atoms with E-state index >= 15 is 0 Å². The van der Waals surface area contributed by atoms with Crippen LogP contribution in [0.5, 0.6) is 5.75 Å². The van der Waals surface area contributed by atoms with Gasteiger partial charge in [-0.2, -0.15) is 0 Å². The highest BCUT2D eigenvalue weighted by atomic mass is 16.5. The number of nitrogens with zero attached hydrogens (tertiary/aromatic N) is 1. The maximum Gasteiger partial charge on any atom is 0.119 e. The Morgan fingerprint density at radius 3 is 2.25 bits per heavy atom. The van der Waals surface area contributed by atoms with E-state index in [0.29, 0.717) is 0 Å². The van der Waals surface area contributed by atoms with Gasteiger partial charge in [-0.25, -0.2) is 0 Å². The highest BCUT2D eigenvalue weighted by Crippen LogP contribution is 2.19. The normalized spacial score (nSPS) is 10.6. The molecule has 0 aliphatic carbocycles. The Hall–Kier alpha value is -1.18. The van der Waals surface area contributed by atoms with Crippen LogP contribution in [0.4, 0.5) is 5.69 Å². The molecule has 0 unspecified atom stereocenters. The highest BCUT2D eigenvalue weighted by Gasteiger charge is 2.05. The van der Waals surface area contributed by atoms with Gasteiger partial charge >= 0.3 is 0 Å². The van der Waals surface area contributed by atoms with Gasteiger partial charge in [0.25, 0.3) is 0 Å². The molecule has 0 aromatic heterocycles. The fourth-order valence-corrected chi connectivity index (χ4v) is 1.68. The fraction of sp³-hybridized carbons (Fsp3) is 0.571. The van der Waals surface area contributed by atoms with Crippen LogP contribution in [-0.4, -0.2) is 20.2 Å². The lowest BCUT2D eigenvalue weighted by molar-refractivity contribution is 0.415. The van der Waals surface area contributed by atoms with Crippen LogP contribution in [0.2, 0.25) is 0 Å². The molecule has 1 aromatic rings. The summed E-state index contributed by atoms with van der Waals surface area (Å²) in [7, 11) is 1.70. The van der Waals surface area contributed by atoms with Crippen molar-refractivity contribution in [3.63, 3.8) is 0 Å². The van der Waals surface area contributed by atoms with E-state index in [1.54, 1.807) is 7.11 Å². The summed E-state index contributed by atoms with van der Waals surface area (Å²) in [6.07, 6.45) is 1.24. The lowest BCUT2D eigenvalue weighted by Gasteiger charge is -2.24. The molecule has 16 heavy (non-hydrogen) atoms. The van der Waals surface area contributed by atoms with Gasteiger partial charge in [0, 0.05) is 18.8 Å². The third-order valence-electron chi connectivity index (χ3n) is 2.80. The van der Waals surface area contributed by atoms with Crippen LogP contribution < -0.4 is 9.64 Å². The van der Waals surface area contributed by atoms with Crippen molar-refractivity contribution in [2.75, 3.05) is 25.1 Å². The molecule has 1 rings (SSSR count). The van der Waals surface area contributed by atoms with Crippen molar-refractivity contribution in [1.82, 2.24) is 0 Å². The van der Waals surface area contributed by atoms with Gasteiger partial charge in [-0.15, -0.1) is 0 Å². The number of rotatable bonds is 6. The van der Waals surface area contributed by atoms with Gasteiger partial charge in [-0.3, -0.25) is 0 Å².